The minimum atomic E-state index is -0.792. The SMILES string of the molecule is C=O.CCOC(=O)NONC(=O)OCC.CCOC(=O)NONC(=O)OCC. The Morgan fingerprint density at radius 1 is 0.536 bits per heavy atom. The number of carbonyl (C=O) groups is 5. The highest BCUT2D eigenvalue weighted by Gasteiger charge is 2.03. The van der Waals surface area contributed by atoms with Gasteiger partial charge in [0.25, 0.3) is 0 Å². The van der Waals surface area contributed by atoms with Gasteiger partial charge in [0.1, 0.15) is 6.79 Å². The van der Waals surface area contributed by atoms with E-state index in [0.29, 0.717) is 0 Å². The maximum Gasteiger partial charge on any atom is 0.433 e. The van der Waals surface area contributed by atoms with Crippen LogP contribution >= 0.6 is 0 Å². The van der Waals surface area contributed by atoms with E-state index in [1.807, 2.05) is 6.79 Å². The minimum Gasteiger partial charge on any atom is -0.448 e. The van der Waals surface area contributed by atoms with Gasteiger partial charge in [-0.15, -0.1) is 9.88 Å². The Morgan fingerprint density at radius 3 is 0.857 bits per heavy atom. The van der Waals surface area contributed by atoms with Crippen LogP contribution < -0.4 is 21.9 Å². The van der Waals surface area contributed by atoms with Crippen LogP contribution in [0.3, 0.4) is 0 Å². The molecule has 0 rings (SSSR count). The van der Waals surface area contributed by atoms with Gasteiger partial charge in [-0.3, -0.25) is 0 Å². The first kappa shape index (κ1) is 29.4. The smallest absolute Gasteiger partial charge is 0.433 e. The number of amides is 4. The van der Waals surface area contributed by atoms with Crippen LogP contribution in [0.15, 0.2) is 0 Å². The van der Waals surface area contributed by atoms with Crippen molar-refractivity contribution in [2.75, 3.05) is 26.4 Å². The van der Waals surface area contributed by atoms with E-state index in [1.54, 1.807) is 49.6 Å². The van der Waals surface area contributed by atoms with E-state index in [0.717, 1.165) is 0 Å². The summed E-state index contributed by atoms with van der Waals surface area (Å²) in [7, 11) is 0. The fraction of sp³-hybridized carbons (Fsp3) is 0.615. The average molecular weight is 414 g/mol. The predicted molar refractivity (Wildman–Crippen MR) is 89.9 cm³/mol. The topological polar surface area (TPSA) is 189 Å². The Bertz CT molecular complexity index is 363. The molecule has 0 aromatic rings. The van der Waals surface area contributed by atoms with Crippen LogP contribution in [0.4, 0.5) is 19.2 Å². The average Bonchev–Trinajstić information content (AvgIpc) is 2.65. The van der Waals surface area contributed by atoms with Crippen LogP contribution in [-0.2, 0) is 33.6 Å². The molecular formula is C13H26N4O11. The van der Waals surface area contributed by atoms with Crippen molar-refractivity contribution < 1.29 is 52.8 Å². The molecule has 0 atom stereocenters. The molecule has 0 aliphatic heterocycles. The van der Waals surface area contributed by atoms with Crippen LogP contribution in [0.5, 0.6) is 0 Å². The highest BCUT2D eigenvalue weighted by Crippen LogP contribution is 1.78. The standard InChI is InChI=1S/2C6H12N2O5.CH2O/c2*1-3-11-5(9)7-13-8-6(10)12-4-2;1-2/h2*3-4H2,1-2H3,(H,7,9)(H,8,10);1H2. The lowest BCUT2D eigenvalue weighted by Gasteiger charge is -2.05. The van der Waals surface area contributed by atoms with Crippen molar-refractivity contribution in [2.45, 2.75) is 27.7 Å². The maximum absolute atomic E-state index is 10.5. The molecule has 0 bridgehead atoms. The van der Waals surface area contributed by atoms with Crippen LogP contribution in [0.25, 0.3) is 0 Å². The lowest BCUT2D eigenvalue weighted by molar-refractivity contribution is -0.0980. The normalized spacial score (nSPS) is 8.29. The van der Waals surface area contributed by atoms with Gasteiger partial charge in [-0.1, -0.05) is 0 Å². The number of hydroxylamine groups is 4. The largest absolute Gasteiger partial charge is 0.448 e. The van der Waals surface area contributed by atoms with Gasteiger partial charge < -0.3 is 23.7 Å². The van der Waals surface area contributed by atoms with Crippen molar-refractivity contribution in [3.8, 4) is 0 Å². The fourth-order valence-corrected chi connectivity index (χ4v) is 0.860. The zero-order valence-corrected chi connectivity index (χ0v) is 16.0. The van der Waals surface area contributed by atoms with E-state index in [1.165, 1.54) is 0 Å². The molecule has 0 radical (unpaired) electrons. The minimum absolute atomic E-state index is 0.217. The van der Waals surface area contributed by atoms with E-state index in [4.69, 9.17) is 4.79 Å². The summed E-state index contributed by atoms with van der Waals surface area (Å²) < 4.78 is 17.7. The summed E-state index contributed by atoms with van der Waals surface area (Å²) >= 11 is 0. The summed E-state index contributed by atoms with van der Waals surface area (Å²) in [4.78, 5) is 58.6. The summed E-state index contributed by atoms with van der Waals surface area (Å²) in [5.41, 5.74) is 7.20. The number of carbonyl (C=O) groups excluding carboxylic acids is 5. The molecule has 0 unspecified atom stereocenters. The lowest BCUT2D eigenvalue weighted by Crippen LogP contribution is -2.35. The molecule has 164 valence electrons. The van der Waals surface area contributed by atoms with Crippen molar-refractivity contribution in [3.05, 3.63) is 0 Å². The van der Waals surface area contributed by atoms with E-state index in [9.17, 15) is 19.2 Å². The van der Waals surface area contributed by atoms with Gasteiger partial charge in [0, 0.05) is 0 Å². The van der Waals surface area contributed by atoms with Crippen molar-refractivity contribution in [1.82, 2.24) is 21.9 Å². The van der Waals surface area contributed by atoms with E-state index in [-0.39, 0.29) is 26.4 Å². The van der Waals surface area contributed by atoms with Crippen LogP contribution in [0.2, 0.25) is 0 Å². The van der Waals surface area contributed by atoms with Gasteiger partial charge in [-0.2, -0.15) is 21.9 Å². The number of hydrogen-bond donors (Lipinski definition) is 4. The number of ether oxygens (including phenoxy) is 4. The van der Waals surface area contributed by atoms with Gasteiger partial charge in [-0.25, -0.2) is 19.2 Å². The Balaban J connectivity index is -0.000000410. The Morgan fingerprint density at radius 2 is 0.714 bits per heavy atom. The third kappa shape index (κ3) is 24.9. The van der Waals surface area contributed by atoms with Crippen LogP contribution in [0.1, 0.15) is 27.7 Å². The van der Waals surface area contributed by atoms with Gasteiger partial charge in [0.05, 0.1) is 26.4 Å². The van der Waals surface area contributed by atoms with Crippen molar-refractivity contribution in [3.63, 3.8) is 0 Å². The number of hydrogen-bond acceptors (Lipinski definition) is 11. The first-order chi connectivity index (χ1) is 13.4. The van der Waals surface area contributed by atoms with Crippen LogP contribution in [-0.4, -0.2) is 57.6 Å². The molecule has 0 spiro atoms. The fourth-order valence-electron chi connectivity index (χ4n) is 0.860. The molecule has 0 aromatic carbocycles. The second-order valence-corrected chi connectivity index (χ2v) is 3.49. The van der Waals surface area contributed by atoms with E-state index < -0.39 is 24.4 Å². The van der Waals surface area contributed by atoms with Crippen molar-refractivity contribution in [1.29, 1.82) is 0 Å². The second kappa shape index (κ2) is 23.7. The lowest BCUT2D eigenvalue weighted by atomic mass is 10.9. The number of nitrogens with one attached hydrogen (secondary N) is 4. The Labute approximate surface area is 161 Å². The molecule has 15 heteroatoms. The van der Waals surface area contributed by atoms with Gasteiger partial charge in [0.2, 0.25) is 0 Å². The van der Waals surface area contributed by atoms with E-state index >= 15 is 0 Å². The first-order valence-electron chi connectivity index (χ1n) is 7.72. The summed E-state index contributed by atoms with van der Waals surface area (Å²) in [6.45, 7) is 9.42. The molecule has 0 aromatic heterocycles. The van der Waals surface area contributed by atoms with Crippen molar-refractivity contribution >= 4 is 31.2 Å². The second-order valence-electron chi connectivity index (χ2n) is 3.49. The summed E-state index contributed by atoms with van der Waals surface area (Å²) in [6, 6.07) is 0. The summed E-state index contributed by atoms with van der Waals surface area (Å²) in [5, 5.41) is 0. The number of rotatable bonds is 8. The van der Waals surface area contributed by atoms with Crippen molar-refractivity contribution in [2.24, 2.45) is 0 Å². The maximum atomic E-state index is 10.5. The summed E-state index contributed by atoms with van der Waals surface area (Å²) in [5.74, 6) is 0. The molecule has 0 saturated carbocycles. The molecule has 0 aliphatic rings. The molecule has 4 N–H and O–H groups in total. The quantitative estimate of drug-likeness (QED) is 0.319. The first-order valence-corrected chi connectivity index (χ1v) is 7.72. The molecule has 0 aliphatic carbocycles. The van der Waals surface area contributed by atoms with E-state index in [2.05, 4.69) is 28.8 Å². The highest BCUT2D eigenvalue weighted by atomic mass is 16.8. The highest BCUT2D eigenvalue weighted by molar-refractivity contribution is 5.68. The van der Waals surface area contributed by atoms with Gasteiger partial charge in [0.15, 0.2) is 0 Å². The zero-order valence-electron chi connectivity index (χ0n) is 16.0. The predicted octanol–water partition coefficient (Wildman–Crippen LogP) is 0.465. The molecule has 4 amide bonds. The molecule has 28 heavy (non-hydrogen) atoms. The molecule has 0 fully saturated rings. The Hall–Kier alpha value is -3.33. The third-order valence-corrected chi connectivity index (χ3v) is 1.64. The van der Waals surface area contributed by atoms with Gasteiger partial charge in [-0.05, 0) is 27.7 Å². The molecule has 0 heterocycles. The monoisotopic (exact) mass is 414 g/mol. The van der Waals surface area contributed by atoms with Gasteiger partial charge >= 0.3 is 24.4 Å². The summed E-state index contributed by atoms with van der Waals surface area (Å²) in [6.07, 6.45) is -3.17. The molecule has 15 nitrogen and oxygen atoms in total. The Kier molecular flexibility index (Phi) is 24.9. The molecular weight excluding hydrogens is 388 g/mol. The van der Waals surface area contributed by atoms with Crippen LogP contribution in [0, 0.1) is 0 Å². The molecule has 0 saturated heterocycles. The third-order valence-electron chi connectivity index (χ3n) is 1.64. The zero-order chi connectivity index (χ0) is 22.2.